The van der Waals surface area contributed by atoms with Gasteiger partial charge in [0.25, 0.3) is 27.1 Å². The SMILES string of the molecule is C=CCN(c1ccccc1)S(=O)(=O)c1cc(C(=O)NCCN2C(=O)S/C(=C\c3ccc(OCC)c(OC)c3)C2=O)ccc1Cl. The number of nitrogens with zero attached hydrogens (tertiary/aromatic N) is 2. The van der Waals surface area contributed by atoms with Gasteiger partial charge in [-0.1, -0.05) is 41.9 Å². The molecule has 3 amide bonds. The second-order valence-electron chi connectivity index (χ2n) is 9.24. The minimum absolute atomic E-state index is 0.0163. The predicted octanol–water partition coefficient (Wildman–Crippen LogP) is 5.59. The molecule has 4 rings (SSSR count). The number of para-hydroxylation sites is 1. The Balaban J connectivity index is 1.44. The highest BCUT2D eigenvalue weighted by Crippen LogP contribution is 2.34. The van der Waals surface area contributed by atoms with Crippen LogP contribution in [0.1, 0.15) is 22.8 Å². The van der Waals surface area contributed by atoms with Gasteiger partial charge in [-0.15, -0.1) is 6.58 Å². The number of carbonyl (C=O) groups excluding carboxylic acids is 3. The van der Waals surface area contributed by atoms with Crippen molar-refractivity contribution in [2.45, 2.75) is 11.8 Å². The normalized spacial score (nSPS) is 14.1. The smallest absolute Gasteiger partial charge is 0.293 e. The van der Waals surface area contributed by atoms with Crippen molar-refractivity contribution in [1.29, 1.82) is 0 Å². The van der Waals surface area contributed by atoms with Crippen LogP contribution in [0.2, 0.25) is 5.02 Å². The van der Waals surface area contributed by atoms with Gasteiger partial charge in [0.1, 0.15) is 4.90 Å². The molecular weight excluding hydrogens is 626 g/mol. The molecule has 0 saturated carbocycles. The minimum atomic E-state index is -4.16. The molecule has 3 aromatic rings. The summed E-state index contributed by atoms with van der Waals surface area (Å²) in [6, 6.07) is 17.5. The summed E-state index contributed by atoms with van der Waals surface area (Å²) in [5.41, 5.74) is 1.10. The van der Waals surface area contributed by atoms with Crippen LogP contribution in [0.5, 0.6) is 11.5 Å². The number of hydrogen-bond acceptors (Lipinski definition) is 8. The Hall–Kier alpha value is -4.26. The minimum Gasteiger partial charge on any atom is -0.493 e. The van der Waals surface area contributed by atoms with Gasteiger partial charge in [0.15, 0.2) is 11.5 Å². The van der Waals surface area contributed by atoms with Crippen LogP contribution >= 0.6 is 23.4 Å². The van der Waals surface area contributed by atoms with Gasteiger partial charge >= 0.3 is 0 Å². The molecule has 3 aromatic carbocycles. The first-order chi connectivity index (χ1) is 21.1. The number of carbonyl (C=O) groups is 3. The number of rotatable bonds is 13. The van der Waals surface area contributed by atoms with Crippen molar-refractivity contribution >= 4 is 62.2 Å². The fraction of sp³-hybridized carbons (Fsp3) is 0.194. The highest BCUT2D eigenvalue weighted by atomic mass is 35.5. The Morgan fingerprint density at radius 3 is 2.52 bits per heavy atom. The number of ether oxygens (including phenoxy) is 2. The second kappa shape index (κ2) is 14.5. The van der Waals surface area contributed by atoms with E-state index >= 15 is 0 Å². The van der Waals surface area contributed by atoms with E-state index in [1.807, 2.05) is 6.92 Å². The van der Waals surface area contributed by atoms with Crippen molar-refractivity contribution in [3.8, 4) is 11.5 Å². The van der Waals surface area contributed by atoms with Crippen LogP contribution in [0.4, 0.5) is 10.5 Å². The summed E-state index contributed by atoms with van der Waals surface area (Å²) in [5.74, 6) is -0.0387. The van der Waals surface area contributed by atoms with Gasteiger partial charge in [0.05, 0.1) is 35.9 Å². The van der Waals surface area contributed by atoms with E-state index in [0.717, 1.165) is 21.0 Å². The number of halogens is 1. The molecule has 0 aromatic heterocycles. The largest absolute Gasteiger partial charge is 0.493 e. The first-order valence-corrected chi connectivity index (χ1v) is 16.1. The van der Waals surface area contributed by atoms with Gasteiger partial charge in [-0.3, -0.25) is 23.6 Å². The van der Waals surface area contributed by atoms with E-state index in [-0.39, 0.29) is 40.0 Å². The number of methoxy groups -OCH3 is 1. The van der Waals surface area contributed by atoms with Crippen molar-refractivity contribution in [1.82, 2.24) is 10.2 Å². The monoisotopic (exact) mass is 655 g/mol. The first-order valence-electron chi connectivity index (χ1n) is 13.4. The van der Waals surface area contributed by atoms with Crippen LogP contribution in [-0.4, -0.2) is 63.7 Å². The van der Waals surface area contributed by atoms with Crippen LogP contribution in [-0.2, 0) is 14.8 Å². The quantitative estimate of drug-likeness (QED) is 0.187. The maximum atomic E-state index is 13.6. The Morgan fingerprint density at radius 1 is 1.09 bits per heavy atom. The number of thioether (sulfide) groups is 1. The van der Waals surface area contributed by atoms with E-state index in [9.17, 15) is 22.8 Å². The third-order valence-electron chi connectivity index (χ3n) is 6.38. The summed E-state index contributed by atoms with van der Waals surface area (Å²) < 4.78 is 39.2. The fourth-order valence-corrected chi connectivity index (χ4v) is 7.09. The van der Waals surface area contributed by atoms with E-state index in [1.165, 1.54) is 31.4 Å². The van der Waals surface area contributed by atoms with Gasteiger partial charge in [-0.05, 0) is 72.8 Å². The predicted molar refractivity (Wildman–Crippen MR) is 172 cm³/mol. The molecule has 13 heteroatoms. The standard InChI is InChI=1S/C31H30ClN3O7S2/c1-4-16-35(23-9-7-6-8-10-23)44(39,40)28-20-22(12-13-24(28)32)29(36)33-15-17-34-30(37)27(43-31(34)38)19-21-11-14-25(42-5-2)26(18-21)41-3/h4,6-14,18-20H,1,5,15-17H2,2-3H3,(H,33,36)/b27-19-. The summed E-state index contributed by atoms with van der Waals surface area (Å²) in [5, 5.41) is 2.11. The molecule has 0 unspecified atom stereocenters. The molecule has 1 fully saturated rings. The lowest BCUT2D eigenvalue weighted by Gasteiger charge is -2.24. The molecular formula is C31H30ClN3O7S2. The molecule has 0 radical (unpaired) electrons. The molecule has 44 heavy (non-hydrogen) atoms. The van der Waals surface area contributed by atoms with Gasteiger partial charge in [-0.2, -0.15) is 0 Å². The summed E-state index contributed by atoms with van der Waals surface area (Å²) in [6.07, 6.45) is 3.03. The number of nitrogens with one attached hydrogen (secondary N) is 1. The van der Waals surface area contributed by atoms with E-state index < -0.39 is 27.1 Å². The molecule has 0 bridgehead atoms. The number of imide groups is 1. The molecule has 1 saturated heterocycles. The highest BCUT2D eigenvalue weighted by molar-refractivity contribution is 8.18. The third kappa shape index (κ3) is 7.26. The first kappa shape index (κ1) is 32.6. The van der Waals surface area contributed by atoms with Gasteiger partial charge < -0.3 is 14.8 Å². The number of anilines is 1. The zero-order valence-corrected chi connectivity index (χ0v) is 26.4. The van der Waals surface area contributed by atoms with Crippen LogP contribution in [0.25, 0.3) is 6.08 Å². The molecule has 10 nitrogen and oxygen atoms in total. The molecule has 1 N–H and O–H groups in total. The van der Waals surface area contributed by atoms with Gasteiger partial charge in [0, 0.05) is 18.7 Å². The molecule has 230 valence electrons. The lowest BCUT2D eigenvalue weighted by atomic mass is 10.2. The topological polar surface area (TPSA) is 122 Å². The number of benzene rings is 3. The number of amides is 3. The van der Waals surface area contributed by atoms with Crippen molar-refractivity contribution in [2.24, 2.45) is 0 Å². The van der Waals surface area contributed by atoms with Crippen molar-refractivity contribution in [3.05, 3.63) is 100 Å². The fourth-order valence-electron chi connectivity index (χ4n) is 4.29. The van der Waals surface area contributed by atoms with E-state index in [2.05, 4.69) is 11.9 Å². The van der Waals surface area contributed by atoms with Gasteiger partial charge in [-0.25, -0.2) is 8.42 Å². The Morgan fingerprint density at radius 2 is 1.84 bits per heavy atom. The Kier molecular flexibility index (Phi) is 10.7. The molecule has 1 heterocycles. The highest BCUT2D eigenvalue weighted by Gasteiger charge is 2.35. The average Bonchev–Trinajstić information content (AvgIpc) is 3.28. The van der Waals surface area contributed by atoms with E-state index in [4.69, 9.17) is 21.1 Å². The summed E-state index contributed by atoms with van der Waals surface area (Å²) in [7, 11) is -2.65. The zero-order valence-electron chi connectivity index (χ0n) is 24.0. The molecule has 1 aliphatic rings. The Labute approximate surface area is 265 Å². The van der Waals surface area contributed by atoms with Crippen LogP contribution in [0, 0.1) is 0 Å². The Bertz CT molecular complexity index is 1710. The van der Waals surface area contributed by atoms with Crippen LogP contribution in [0.15, 0.2) is 89.2 Å². The van der Waals surface area contributed by atoms with Crippen molar-refractivity contribution < 1.29 is 32.3 Å². The summed E-state index contributed by atoms with van der Waals surface area (Å²) in [6.45, 7) is 5.81. The maximum Gasteiger partial charge on any atom is 0.293 e. The van der Waals surface area contributed by atoms with Crippen LogP contribution < -0.4 is 19.1 Å². The second-order valence-corrected chi connectivity index (χ2v) is 12.5. The molecule has 1 aliphatic heterocycles. The molecule has 0 atom stereocenters. The number of sulfonamides is 1. The lowest BCUT2D eigenvalue weighted by molar-refractivity contribution is -0.122. The third-order valence-corrected chi connectivity index (χ3v) is 9.56. The lowest BCUT2D eigenvalue weighted by Crippen LogP contribution is -2.37. The summed E-state index contributed by atoms with van der Waals surface area (Å²) >= 11 is 7.08. The van der Waals surface area contributed by atoms with Crippen molar-refractivity contribution in [3.63, 3.8) is 0 Å². The average molecular weight is 656 g/mol. The maximum absolute atomic E-state index is 13.6. The molecule has 0 aliphatic carbocycles. The van der Waals surface area contributed by atoms with E-state index in [0.29, 0.717) is 29.4 Å². The zero-order chi connectivity index (χ0) is 31.9. The molecule has 0 spiro atoms. The van der Waals surface area contributed by atoms with Crippen LogP contribution in [0.3, 0.4) is 0 Å². The summed E-state index contributed by atoms with van der Waals surface area (Å²) in [4.78, 5) is 39.5. The van der Waals surface area contributed by atoms with Crippen molar-refractivity contribution in [2.75, 3.05) is 37.7 Å². The van der Waals surface area contributed by atoms with Gasteiger partial charge in [0.2, 0.25) is 0 Å². The van der Waals surface area contributed by atoms with E-state index in [1.54, 1.807) is 54.6 Å². The number of hydrogen-bond donors (Lipinski definition) is 1.